The molecule has 0 bridgehead atoms. The number of halogens is 1. The lowest BCUT2D eigenvalue weighted by Gasteiger charge is -2.02. The number of nitrogens with one attached hydrogen (secondary N) is 1. The Labute approximate surface area is 69.7 Å². The summed E-state index contributed by atoms with van der Waals surface area (Å²) in [5.74, 6) is 0. The van der Waals surface area contributed by atoms with Crippen molar-refractivity contribution in [3.05, 3.63) is 0 Å². The highest BCUT2D eigenvalue weighted by atomic mass is 35.7. The Morgan fingerprint density at radius 3 is 2.45 bits per heavy atom. The van der Waals surface area contributed by atoms with Crippen LogP contribution in [0.2, 0.25) is 0 Å². The molecule has 0 spiro atoms. The van der Waals surface area contributed by atoms with Crippen molar-refractivity contribution >= 4 is 19.9 Å². The SMILES string of the molecule is N#CC1(CNS(=O)(=O)Cl)CC1. The molecule has 0 aromatic carbocycles. The second kappa shape index (κ2) is 2.63. The molecule has 1 aliphatic rings. The van der Waals surface area contributed by atoms with Crippen molar-refractivity contribution in [1.29, 1.82) is 5.26 Å². The molecule has 0 aromatic heterocycles. The first-order chi connectivity index (χ1) is 4.97. The Bertz CT molecular complexity index is 288. The van der Waals surface area contributed by atoms with Gasteiger partial charge in [-0.1, -0.05) is 0 Å². The van der Waals surface area contributed by atoms with E-state index >= 15 is 0 Å². The van der Waals surface area contributed by atoms with E-state index in [4.69, 9.17) is 15.9 Å². The summed E-state index contributed by atoms with van der Waals surface area (Å²) in [4.78, 5) is 0. The van der Waals surface area contributed by atoms with Gasteiger partial charge in [-0.25, -0.2) is 4.72 Å². The second-order valence-corrected chi connectivity index (χ2v) is 5.03. The lowest BCUT2D eigenvalue weighted by Crippen LogP contribution is -2.25. The Balaban J connectivity index is 2.41. The van der Waals surface area contributed by atoms with E-state index in [9.17, 15) is 8.42 Å². The van der Waals surface area contributed by atoms with Gasteiger partial charge >= 0.3 is 0 Å². The lowest BCUT2D eigenvalue weighted by molar-refractivity contribution is 0.575. The van der Waals surface area contributed by atoms with Gasteiger partial charge in [0, 0.05) is 17.2 Å². The first-order valence-electron chi connectivity index (χ1n) is 3.08. The molecule has 0 amide bonds. The average molecular weight is 195 g/mol. The molecule has 0 aromatic rings. The largest absolute Gasteiger partial charge is 0.297 e. The van der Waals surface area contributed by atoms with Crippen molar-refractivity contribution in [2.24, 2.45) is 5.41 Å². The molecule has 0 aliphatic heterocycles. The standard InChI is InChI=1S/C5H7ClN2O2S/c6-11(9,10)8-4-5(3-7)1-2-5/h8H,1-2,4H2. The summed E-state index contributed by atoms with van der Waals surface area (Å²) in [7, 11) is 1.22. The van der Waals surface area contributed by atoms with E-state index in [1.54, 1.807) is 0 Å². The van der Waals surface area contributed by atoms with Gasteiger partial charge in [-0.2, -0.15) is 13.7 Å². The van der Waals surface area contributed by atoms with Gasteiger partial charge in [0.2, 0.25) is 0 Å². The molecule has 1 rings (SSSR count). The molecule has 1 N–H and O–H groups in total. The predicted octanol–water partition coefficient (Wildman–Crippen LogP) is 0.363. The molecule has 62 valence electrons. The van der Waals surface area contributed by atoms with E-state index in [1.807, 2.05) is 6.07 Å². The summed E-state index contributed by atoms with van der Waals surface area (Å²) in [5, 5.41) is 8.53. The van der Waals surface area contributed by atoms with Crippen LogP contribution >= 0.6 is 10.7 Å². The minimum Gasteiger partial charge on any atom is -0.200 e. The van der Waals surface area contributed by atoms with Crippen LogP contribution in [0.5, 0.6) is 0 Å². The van der Waals surface area contributed by atoms with Gasteiger partial charge in [0.15, 0.2) is 0 Å². The molecule has 1 aliphatic carbocycles. The smallest absolute Gasteiger partial charge is 0.200 e. The van der Waals surface area contributed by atoms with Gasteiger partial charge < -0.3 is 0 Å². The van der Waals surface area contributed by atoms with Crippen LogP contribution in [0.4, 0.5) is 0 Å². The van der Waals surface area contributed by atoms with Crippen molar-refractivity contribution in [3.63, 3.8) is 0 Å². The molecule has 0 heterocycles. The molecule has 0 saturated heterocycles. The number of hydrogen-bond acceptors (Lipinski definition) is 3. The zero-order valence-corrected chi connectivity index (χ0v) is 7.24. The maximum absolute atomic E-state index is 10.4. The summed E-state index contributed by atoms with van der Waals surface area (Å²) in [6.07, 6.45) is 1.51. The minimum absolute atomic E-state index is 0.134. The van der Waals surface area contributed by atoms with Crippen LogP contribution in [0.15, 0.2) is 0 Å². The maximum Gasteiger partial charge on any atom is 0.297 e. The Hall–Kier alpha value is -0.310. The third-order valence-corrected chi connectivity index (χ3v) is 2.49. The molecule has 4 nitrogen and oxygen atoms in total. The van der Waals surface area contributed by atoms with Crippen LogP contribution in [-0.2, 0) is 9.24 Å². The first kappa shape index (κ1) is 8.78. The van der Waals surface area contributed by atoms with E-state index in [0.29, 0.717) is 0 Å². The minimum atomic E-state index is -3.66. The van der Waals surface area contributed by atoms with Crippen LogP contribution in [-0.4, -0.2) is 15.0 Å². The van der Waals surface area contributed by atoms with Crippen molar-refractivity contribution < 1.29 is 8.42 Å². The van der Waals surface area contributed by atoms with Gasteiger partial charge in [0.1, 0.15) is 0 Å². The summed E-state index contributed by atoms with van der Waals surface area (Å²) in [6, 6.07) is 2.04. The number of rotatable bonds is 3. The normalized spacial score (nSPS) is 20.7. The van der Waals surface area contributed by atoms with Gasteiger partial charge in [-0.15, -0.1) is 0 Å². The summed E-state index contributed by atoms with van der Waals surface area (Å²) in [5.41, 5.74) is -0.470. The fourth-order valence-corrected chi connectivity index (χ4v) is 1.32. The van der Waals surface area contributed by atoms with Crippen molar-refractivity contribution in [3.8, 4) is 6.07 Å². The first-order valence-corrected chi connectivity index (χ1v) is 5.39. The summed E-state index contributed by atoms with van der Waals surface area (Å²) >= 11 is 0. The monoisotopic (exact) mass is 194 g/mol. The molecular weight excluding hydrogens is 188 g/mol. The highest BCUT2D eigenvalue weighted by molar-refractivity contribution is 8.12. The van der Waals surface area contributed by atoms with Gasteiger partial charge in [-0.05, 0) is 12.8 Å². The van der Waals surface area contributed by atoms with E-state index in [-0.39, 0.29) is 6.54 Å². The Morgan fingerprint density at radius 1 is 1.64 bits per heavy atom. The average Bonchev–Trinajstić information content (AvgIpc) is 2.63. The fourth-order valence-electron chi connectivity index (χ4n) is 0.703. The zero-order valence-electron chi connectivity index (χ0n) is 5.67. The van der Waals surface area contributed by atoms with Crippen LogP contribution in [0, 0.1) is 16.7 Å². The van der Waals surface area contributed by atoms with Crippen molar-refractivity contribution in [2.45, 2.75) is 12.8 Å². The van der Waals surface area contributed by atoms with E-state index in [0.717, 1.165) is 12.8 Å². The number of nitriles is 1. The molecule has 11 heavy (non-hydrogen) atoms. The van der Waals surface area contributed by atoms with E-state index in [2.05, 4.69) is 4.72 Å². The quantitative estimate of drug-likeness (QED) is 0.660. The van der Waals surface area contributed by atoms with E-state index < -0.39 is 14.7 Å². The third kappa shape index (κ3) is 2.66. The van der Waals surface area contributed by atoms with Crippen LogP contribution in [0.25, 0.3) is 0 Å². The Morgan fingerprint density at radius 2 is 2.18 bits per heavy atom. The molecule has 6 heteroatoms. The molecule has 1 saturated carbocycles. The Kier molecular flexibility index (Phi) is 2.10. The summed E-state index contributed by atoms with van der Waals surface area (Å²) in [6.45, 7) is 0.134. The van der Waals surface area contributed by atoms with Gasteiger partial charge in [0.05, 0.1) is 11.5 Å². The third-order valence-electron chi connectivity index (χ3n) is 1.67. The van der Waals surface area contributed by atoms with Gasteiger partial charge in [0.25, 0.3) is 9.24 Å². The maximum atomic E-state index is 10.4. The van der Waals surface area contributed by atoms with Crippen molar-refractivity contribution in [2.75, 3.05) is 6.54 Å². The molecule has 0 atom stereocenters. The fraction of sp³-hybridized carbons (Fsp3) is 0.800. The molecule has 0 radical (unpaired) electrons. The van der Waals surface area contributed by atoms with E-state index in [1.165, 1.54) is 0 Å². The number of nitrogens with zero attached hydrogens (tertiary/aromatic N) is 1. The lowest BCUT2D eigenvalue weighted by atomic mass is 10.1. The van der Waals surface area contributed by atoms with Crippen LogP contribution < -0.4 is 4.72 Å². The highest BCUT2D eigenvalue weighted by Crippen LogP contribution is 2.44. The number of hydrogen-bond donors (Lipinski definition) is 1. The zero-order chi connectivity index (χ0) is 8.54. The predicted molar refractivity (Wildman–Crippen MR) is 40.1 cm³/mol. The molecule has 1 fully saturated rings. The molecule has 0 unspecified atom stereocenters. The van der Waals surface area contributed by atoms with Crippen LogP contribution in [0.1, 0.15) is 12.8 Å². The van der Waals surface area contributed by atoms with Gasteiger partial charge in [-0.3, -0.25) is 0 Å². The topological polar surface area (TPSA) is 70.0 Å². The van der Waals surface area contributed by atoms with Crippen molar-refractivity contribution in [1.82, 2.24) is 4.72 Å². The second-order valence-electron chi connectivity index (χ2n) is 2.65. The summed E-state index contributed by atoms with van der Waals surface area (Å²) < 4.78 is 22.8. The molecular formula is C5H7ClN2O2S. The van der Waals surface area contributed by atoms with Crippen LogP contribution in [0.3, 0.4) is 0 Å². The highest BCUT2D eigenvalue weighted by Gasteiger charge is 2.43.